The summed E-state index contributed by atoms with van der Waals surface area (Å²) >= 11 is 0. The lowest BCUT2D eigenvalue weighted by Crippen LogP contribution is -2.25. The van der Waals surface area contributed by atoms with Crippen LogP contribution in [0.25, 0.3) is 0 Å². The lowest BCUT2D eigenvalue weighted by molar-refractivity contribution is 0.0847. The SMILES string of the molecule is CC(F)C(F)C(F)CCCCCCCCF. The highest BCUT2D eigenvalue weighted by Gasteiger charge is 2.25. The monoisotopic (exact) mass is 242 g/mol. The predicted molar refractivity (Wildman–Crippen MR) is 58.7 cm³/mol. The van der Waals surface area contributed by atoms with Gasteiger partial charge in [0.15, 0.2) is 6.17 Å². The summed E-state index contributed by atoms with van der Waals surface area (Å²) in [5.41, 5.74) is 0. The van der Waals surface area contributed by atoms with E-state index in [0.717, 1.165) is 32.6 Å². The van der Waals surface area contributed by atoms with Crippen LogP contribution in [-0.4, -0.2) is 25.2 Å². The van der Waals surface area contributed by atoms with Gasteiger partial charge in [0.25, 0.3) is 0 Å². The van der Waals surface area contributed by atoms with Crippen LogP contribution in [0.5, 0.6) is 0 Å². The Balaban J connectivity index is 3.31. The van der Waals surface area contributed by atoms with Crippen molar-refractivity contribution in [3.05, 3.63) is 0 Å². The third-order valence-electron chi connectivity index (χ3n) is 2.65. The fourth-order valence-electron chi connectivity index (χ4n) is 1.59. The zero-order valence-corrected chi connectivity index (χ0v) is 9.90. The molecular weight excluding hydrogens is 220 g/mol. The normalized spacial score (nSPS) is 17.1. The molecule has 0 rings (SSSR count). The van der Waals surface area contributed by atoms with Crippen LogP contribution >= 0.6 is 0 Å². The summed E-state index contributed by atoms with van der Waals surface area (Å²) in [5, 5.41) is 0. The summed E-state index contributed by atoms with van der Waals surface area (Å²) < 4.78 is 49.9. The second-order valence-corrected chi connectivity index (χ2v) is 4.24. The van der Waals surface area contributed by atoms with E-state index in [4.69, 9.17) is 0 Å². The van der Waals surface area contributed by atoms with Gasteiger partial charge in [-0.25, -0.2) is 13.2 Å². The maximum atomic E-state index is 13.0. The maximum absolute atomic E-state index is 13.0. The summed E-state index contributed by atoms with van der Waals surface area (Å²) in [4.78, 5) is 0. The molecule has 16 heavy (non-hydrogen) atoms. The Bertz CT molecular complexity index is 150. The first-order valence-electron chi connectivity index (χ1n) is 6.07. The molecule has 0 saturated carbocycles. The second kappa shape index (κ2) is 9.91. The molecule has 0 amide bonds. The van der Waals surface area contributed by atoms with Crippen LogP contribution in [0.2, 0.25) is 0 Å². The van der Waals surface area contributed by atoms with Gasteiger partial charge in [-0.15, -0.1) is 0 Å². The van der Waals surface area contributed by atoms with Gasteiger partial charge in [0.05, 0.1) is 6.67 Å². The first kappa shape index (κ1) is 15.7. The third-order valence-corrected chi connectivity index (χ3v) is 2.65. The number of hydrogen-bond acceptors (Lipinski definition) is 0. The van der Waals surface area contributed by atoms with E-state index < -0.39 is 18.5 Å². The number of alkyl halides is 4. The van der Waals surface area contributed by atoms with Crippen LogP contribution in [0.3, 0.4) is 0 Å². The Labute approximate surface area is 95.4 Å². The highest BCUT2D eigenvalue weighted by molar-refractivity contribution is 4.73. The summed E-state index contributed by atoms with van der Waals surface area (Å²) in [5.74, 6) is 0. The average Bonchev–Trinajstić information content (AvgIpc) is 2.26. The van der Waals surface area contributed by atoms with Gasteiger partial charge >= 0.3 is 0 Å². The highest BCUT2D eigenvalue weighted by atomic mass is 19.2. The second-order valence-electron chi connectivity index (χ2n) is 4.24. The first-order chi connectivity index (χ1) is 7.59. The van der Waals surface area contributed by atoms with Crippen molar-refractivity contribution in [2.75, 3.05) is 6.67 Å². The largest absolute Gasteiger partial charge is 0.251 e. The molecule has 0 aromatic carbocycles. The van der Waals surface area contributed by atoms with Gasteiger partial charge in [-0.2, -0.15) is 0 Å². The zero-order chi connectivity index (χ0) is 12.4. The van der Waals surface area contributed by atoms with Gasteiger partial charge in [0, 0.05) is 0 Å². The van der Waals surface area contributed by atoms with Crippen molar-refractivity contribution in [2.24, 2.45) is 0 Å². The van der Waals surface area contributed by atoms with Gasteiger partial charge in [0.1, 0.15) is 12.3 Å². The number of rotatable bonds is 10. The van der Waals surface area contributed by atoms with E-state index in [9.17, 15) is 17.6 Å². The number of unbranched alkanes of at least 4 members (excludes halogenated alkanes) is 5. The van der Waals surface area contributed by atoms with Crippen molar-refractivity contribution < 1.29 is 17.6 Å². The molecule has 0 nitrogen and oxygen atoms in total. The van der Waals surface area contributed by atoms with E-state index >= 15 is 0 Å². The van der Waals surface area contributed by atoms with Crippen molar-refractivity contribution in [3.63, 3.8) is 0 Å². The molecule has 0 saturated heterocycles. The van der Waals surface area contributed by atoms with E-state index in [2.05, 4.69) is 0 Å². The molecule has 4 heteroatoms. The van der Waals surface area contributed by atoms with E-state index in [1.54, 1.807) is 0 Å². The van der Waals surface area contributed by atoms with Crippen LogP contribution in [0, 0.1) is 0 Å². The van der Waals surface area contributed by atoms with Crippen molar-refractivity contribution in [3.8, 4) is 0 Å². The molecule has 0 radical (unpaired) electrons. The van der Waals surface area contributed by atoms with Crippen LogP contribution in [0.1, 0.15) is 51.9 Å². The molecule has 0 spiro atoms. The standard InChI is InChI=1S/C12H22F4/c1-10(14)12(16)11(15)8-6-4-2-3-5-7-9-13/h10-12H,2-9H2,1H3. The summed E-state index contributed by atoms with van der Waals surface area (Å²) in [6.45, 7) is 0.749. The van der Waals surface area contributed by atoms with E-state index in [1.807, 2.05) is 0 Å². The molecule has 0 N–H and O–H groups in total. The van der Waals surface area contributed by atoms with Crippen molar-refractivity contribution in [1.29, 1.82) is 0 Å². The molecule has 3 atom stereocenters. The number of hydrogen-bond donors (Lipinski definition) is 0. The fraction of sp³-hybridized carbons (Fsp3) is 1.00. The van der Waals surface area contributed by atoms with Gasteiger partial charge in [-0.1, -0.05) is 32.1 Å². The van der Waals surface area contributed by atoms with E-state index in [-0.39, 0.29) is 13.1 Å². The van der Waals surface area contributed by atoms with Gasteiger partial charge in [-0.3, -0.25) is 4.39 Å². The average molecular weight is 242 g/mol. The molecule has 0 fully saturated rings. The first-order valence-corrected chi connectivity index (χ1v) is 6.07. The molecule has 0 heterocycles. The molecule has 0 aromatic heterocycles. The molecule has 0 aliphatic rings. The molecular formula is C12H22F4. The van der Waals surface area contributed by atoms with E-state index in [1.165, 1.54) is 0 Å². The topological polar surface area (TPSA) is 0 Å². The lowest BCUT2D eigenvalue weighted by atomic mass is 10.0. The highest BCUT2D eigenvalue weighted by Crippen LogP contribution is 2.18. The van der Waals surface area contributed by atoms with Crippen LogP contribution in [0.15, 0.2) is 0 Å². The molecule has 0 aliphatic carbocycles. The Morgan fingerprint density at radius 1 is 0.812 bits per heavy atom. The summed E-state index contributed by atoms with van der Waals surface area (Å²) in [6, 6.07) is 0. The van der Waals surface area contributed by atoms with Crippen LogP contribution in [-0.2, 0) is 0 Å². The van der Waals surface area contributed by atoms with Crippen molar-refractivity contribution in [1.82, 2.24) is 0 Å². The van der Waals surface area contributed by atoms with Gasteiger partial charge in [0.2, 0.25) is 0 Å². The Morgan fingerprint density at radius 2 is 1.31 bits per heavy atom. The minimum Gasteiger partial charge on any atom is -0.251 e. The Morgan fingerprint density at radius 3 is 1.81 bits per heavy atom. The maximum Gasteiger partial charge on any atom is 0.162 e. The molecule has 3 unspecified atom stereocenters. The minimum absolute atomic E-state index is 0.0819. The van der Waals surface area contributed by atoms with Crippen LogP contribution < -0.4 is 0 Å². The molecule has 0 bridgehead atoms. The molecule has 98 valence electrons. The summed E-state index contributed by atoms with van der Waals surface area (Å²) in [7, 11) is 0. The Hall–Kier alpha value is -0.280. The molecule has 0 aliphatic heterocycles. The van der Waals surface area contributed by atoms with Crippen molar-refractivity contribution >= 4 is 0 Å². The molecule has 0 aromatic rings. The fourth-order valence-corrected chi connectivity index (χ4v) is 1.59. The minimum atomic E-state index is -1.99. The predicted octanol–water partition coefficient (Wildman–Crippen LogP) is 4.72. The van der Waals surface area contributed by atoms with E-state index in [0.29, 0.717) is 12.8 Å². The third kappa shape index (κ3) is 7.94. The lowest BCUT2D eigenvalue weighted by Gasteiger charge is -2.14. The Kier molecular flexibility index (Phi) is 9.74. The summed E-state index contributed by atoms with van der Waals surface area (Å²) in [6.07, 6.45) is -0.686. The number of halogens is 4. The smallest absolute Gasteiger partial charge is 0.162 e. The zero-order valence-electron chi connectivity index (χ0n) is 9.90. The van der Waals surface area contributed by atoms with Gasteiger partial charge < -0.3 is 0 Å². The van der Waals surface area contributed by atoms with Gasteiger partial charge in [-0.05, 0) is 19.8 Å². The quantitative estimate of drug-likeness (QED) is 0.384. The van der Waals surface area contributed by atoms with Crippen molar-refractivity contribution in [2.45, 2.75) is 70.4 Å². The van der Waals surface area contributed by atoms with Crippen LogP contribution in [0.4, 0.5) is 17.6 Å².